The lowest BCUT2D eigenvalue weighted by Gasteiger charge is -2.23. The number of carbonyl (C=O) groups is 1. The van der Waals surface area contributed by atoms with Crippen molar-refractivity contribution in [2.24, 2.45) is 13.0 Å². The summed E-state index contributed by atoms with van der Waals surface area (Å²) in [5.74, 6) is -0.187. The van der Waals surface area contributed by atoms with Crippen LogP contribution in [0.2, 0.25) is 0 Å². The zero-order valence-electron chi connectivity index (χ0n) is 24.1. The summed E-state index contributed by atoms with van der Waals surface area (Å²) in [5, 5.41) is 13.3. The van der Waals surface area contributed by atoms with Crippen molar-refractivity contribution in [3.05, 3.63) is 106 Å². The van der Waals surface area contributed by atoms with Crippen LogP contribution in [0.15, 0.2) is 77.6 Å². The van der Waals surface area contributed by atoms with E-state index >= 15 is 0 Å². The lowest BCUT2D eigenvalue weighted by atomic mass is 9.85. The maximum Gasteiger partial charge on any atom is 0.308 e. The summed E-state index contributed by atoms with van der Waals surface area (Å²) in [6, 6.07) is 22.9. The maximum absolute atomic E-state index is 14.0. The third-order valence-corrected chi connectivity index (χ3v) is 8.70. The number of benzene rings is 3. The van der Waals surface area contributed by atoms with E-state index in [0.29, 0.717) is 23.1 Å². The number of hydrogen-bond donors (Lipinski definition) is 2. The van der Waals surface area contributed by atoms with Gasteiger partial charge in [-0.1, -0.05) is 61.7 Å². The molecule has 42 heavy (non-hydrogen) atoms. The van der Waals surface area contributed by atoms with Crippen LogP contribution in [-0.4, -0.2) is 34.3 Å². The minimum absolute atomic E-state index is 0.0247. The molecule has 7 nitrogen and oxygen atoms in total. The molecule has 216 valence electrons. The number of aromatic nitrogens is 2. The molecule has 6 rings (SSSR count). The molecule has 1 aliphatic rings. The number of aryl methyl sites for hydroxylation is 1. The Morgan fingerprint density at radius 2 is 1.74 bits per heavy atom. The summed E-state index contributed by atoms with van der Waals surface area (Å²) >= 11 is 0. The van der Waals surface area contributed by atoms with Gasteiger partial charge in [-0.05, 0) is 54.3 Å². The average molecular weight is 565 g/mol. The Balaban J connectivity index is 1.50. The first-order valence-electron chi connectivity index (χ1n) is 14.7. The Kier molecular flexibility index (Phi) is 7.74. The minimum atomic E-state index is -0.639. The van der Waals surface area contributed by atoms with Gasteiger partial charge in [0.05, 0.1) is 36.6 Å². The van der Waals surface area contributed by atoms with Crippen molar-refractivity contribution in [1.82, 2.24) is 9.55 Å². The van der Waals surface area contributed by atoms with Crippen molar-refractivity contribution in [2.75, 3.05) is 13.7 Å². The van der Waals surface area contributed by atoms with Gasteiger partial charge in [-0.3, -0.25) is 9.59 Å². The van der Waals surface area contributed by atoms with Crippen molar-refractivity contribution in [3.8, 4) is 11.5 Å². The molecule has 1 atom stereocenters. The van der Waals surface area contributed by atoms with Crippen molar-refractivity contribution in [3.63, 3.8) is 0 Å². The molecule has 1 saturated carbocycles. The summed E-state index contributed by atoms with van der Waals surface area (Å²) in [5.41, 5.74) is 4.07. The molecule has 1 unspecified atom stereocenters. The molecule has 1 aliphatic carbocycles. The lowest BCUT2D eigenvalue weighted by Crippen LogP contribution is -2.25. The SMILES string of the molecule is COc1cccc(C(c2[nH]c3ccccc3c2CCOC(=O)C2CCCCC2)c2c(O)c3ccccc3n(C)c2=O)c1. The highest BCUT2D eigenvalue weighted by atomic mass is 16.5. The number of carbonyl (C=O) groups excluding carboxylic acids is 1. The third-order valence-electron chi connectivity index (χ3n) is 8.70. The van der Waals surface area contributed by atoms with Gasteiger partial charge in [0, 0.05) is 35.5 Å². The molecule has 5 aromatic rings. The van der Waals surface area contributed by atoms with Crippen LogP contribution in [0.1, 0.15) is 60.4 Å². The number of aromatic hydroxyl groups is 1. The number of methoxy groups -OCH3 is 1. The quantitative estimate of drug-likeness (QED) is 0.208. The first kappa shape index (κ1) is 27.6. The monoisotopic (exact) mass is 564 g/mol. The lowest BCUT2D eigenvalue weighted by molar-refractivity contribution is -0.149. The number of nitrogens with one attached hydrogen (secondary N) is 1. The molecule has 2 heterocycles. The van der Waals surface area contributed by atoms with Crippen molar-refractivity contribution in [2.45, 2.75) is 44.4 Å². The fourth-order valence-electron chi connectivity index (χ4n) is 6.51. The van der Waals surface area contributed by atoms with Gasteiger partial charge in [0.2, 0.25) is 0 Å². The highest BCUT2D eigenvalue weighted by Gasteiger charge is 2.31. The highest BCUT2D eigenvalue weighted by Crippen LogP contribution is 2.41. The Bertz CT molecular complexity index is 1810. The van der Waals surface area contributed by atoms with Gasteiger partial charge in [0.1, 0.15) is 11.5 Å². The number of esters is 1. The number of hydrogen-bond acceptors (Lipinski definition) is 5. The van der Waals surface area contributed by atoms with Crippen LogP contribution in [0.25, 0.3) is 21.8 Å². The maximum atomic E-state index is 14.0. The summed E-state index contributed by atoms with van der Waals surface area (Å²) < 4.78 is 13.0. The first-order chi connectivity index (χ1) is 20.5. The second kappa shape index (κ2) is 11.8. The van der Waals surface area contributed by atoms with Gasteiger partial charge in [-0.2, -0.15) is 0 Å². The molecule has 0 amide bonds. The van der Waals surface area contributed by atoms with E-state index < -0.39 is 5.92 Å². The highest BCUT2D eigenvalue weighted by molar-refractivity contribution is 5.88. The van der Waals surface area contributed by atoms with Gasteiger partial charge in [-0.15, -0.1) is 0 Å². The Morgan fingerprint density at radius 1 is 1.00 bits per heavy atom. The average Bonchev–Trinajstić information content (AvgIpc) is 3.40. The van der Waals surface area contributed by atoms with Crippen molar-refractivity contribution >= 4 is 27.8 Å². The molecule has 0 spiro atoms. The standard InChI is InChI=1S/C35H36N2O5/c1-37-29-18-9-7-16-27(29)33(38)31(34(37)39)30(23-13-10-14-24(21-23)41-2)32-26(25-15-6-8-17-28(25)36-32)19-20-42-35(40)22-11-4-3-5-12-22/h6-10,13-18,21-22,30,36,38H,3-5,11-12,19-20H2,1-2H3. The predicted octanol–water partition coefficient (Wildman–Crippen LogP) is 6.58. The summed E-state index contributed by atoms with van der Waals surface area (Å²) in [4.78, 5) is 30.5. The number of ether oxygens (including phenoxy) is 2. The number of H-pyrrole nitrogens is 1. The van der Waals surface area contributed by atoms with E-state index in [2.05, 4.69) is 4.98 Å². The molecule has 2 aromatic heterocycles. The van der Waals surface area contributed by atoms with Crippen LogP contribution in [0.5, 0.6) is 11.5 Å². The minimum Gasteiger partial charge on any atom is -0.507 e. The largest absolute Gasteiger partial charge is 0.507 e. The first-order valence-corrected chi connectivity index (χ1v) is 14.7. The summed E-state index contributed by atoms with van der Waals surface area (Å²) in [7, 11) is 3.34. The van der Waals surface area contributed by atoms with E-state index in [0.717, 1.165) is 53.4 Å². The fraction of sp³-hybridized carbons (Fsp3) is 0.314. The normalized spacial score (nSPS) is 14.7. The second-order valence-electron chi connectivity index (χ2n) is 11.2. The van der Waals surface area contributed by atoms with E-state index in [1.54, 1.807) is 18.7 Å². The molecule has 2 N–H and O–H groups in total. The van der Waals surface area contributed by atoms with Crippen molar-refractivity contribution < 1.29 is 19.4 Å². The zero-order valence-corrected chi connectivity index (χ0v) is 24.1. The van der Waals surface area contributed by atoms with Crippen LogP contribution in [0, 0.1) is 5.92 Å². The van der Waals surface area contributed by atoms with E-state index in [-0.39, 0.29) is 35.4 Å². The molecule has 3 aromatic carbocycles. The Hall–Kier alpha value is -4.52. The van der Waals surface area contributed by atoms with E-state index in [1.165, 1.54) is 6.42 Å². The summed E-state index contributed by atoms with van der Waals surface area (Å²) in [6.45, 7) is 0.233. The van der Waals surface area contributed by atoms with E-state index in [9.17, 15) is 14.7 Å². The molecule has 7 heteroatoms. The van der Waals surface area contributed by atoms with E-state index in [4.69, 9.17) is 9.47 Å². The fourth-order valence-corrected chi connectivity index (χ4v) is 6.51. The number of nitrogens with zero attached hydrogens (tertiary/aromatic N) is 1. The predicted molar refractivity (Wildman–Crippen MR) is 164 cm³/mol. The third kappa shape index (κ3) is 5.04. The number of fused-ring (bicyclic) bond motifs is 2. The molecule has 0 bridgehead atoms. The molecular formula is C35H36N2O5. The van der Waals surface area contributed by atoms with E-state index in [1.807, 2.05) is 72.8 Å². The van der Waals surface area contributed by atoms with Crippen LogP contribution < -0.4 is 10.3 Å². The molecule has 0 aliphatic heterocycles. The van der Waals surface area contributed by atoms with Crippen LogP contribution in [0.3, 0.4) is 0 Å². The topological polar surface area (TPSA) is 93.5 Å². The van der Waals surface area contributed by atoms with Crippen LogP contribution in [-0.2, 0) is 23.0 Å². The molecule has 0 radical (unpaired) electrons. The van der Waals surface area contributed by atoms with Crippen molar-refractivity contribution in [1.29, 1.82) is 0 Å². The van der Waals surface area contributed by atoms with Gasteiger partial charge >= 0.3 is 5.97 Å². The molecule has 1 fully saturated rings. The van der Waals surface area contributed by atoms with Crippen LogP contribution >= 0.6 is 0 Å². The summed E-state index contributed by atoms with van der Waals surface area (Å²) in [6.07, 6.45) is 5.55. The number of para-hydroxylation sites is 2. The van der Waals surface area contributed by atoms with Crippen LogP contribution in [0.4, 0.5) is 0 Å². The van der Waals surface area contributed by atoms with Gasteiger partial charge in [0.25, 0.3) is 5.56 Å². The molecule has 0 saturated heterocycles. The number of rotatable bonds is 8. The Labute approximate surface area is 244 Å². The number of pyridine rings is 1. The van der Waals surface area contributed by atoms with Gasteiger partial charge in [-0.25, -0.2) is 0 Å². The zero-order chi connectivity index (χ0) is 29.2. The second-order valence-corrected chi connectivity index (χ2v) is 11.2. The molecular weight excluding hydrogens is 528 g/mol. The van der Waals surface area contributed by atoms with Gasteiger partial charge < -0.3 is 24.1 Å². The number of aromatic amines is 1. The smallest absolute Gasteiger partial charge is 0.308 e. The van der Waals surface area contributed by atoms with Gasteiger partial charge in [0.15, 0.2) is 0 Å². The Morgan fingerprint density at radius 3 is 2.52 bits per heavy atom.